The van der Waals surface area contributed by atoms with Gasteiger partial charge in [-0.25, -0.2) is 4.98 Å². The summed E-state index contributed by atoms with van der Waals surface area (Å²) < 4.78 is 5.46. The maximum atomic E-state index is 5.46. The summed E-state index contributed by atoms with van der Waals surface area (Å²) in [6.45, 7) is 4.00. The van der Waals surface area contributed by atoms with E-state index in [9.17, 15) is 0 Å². The van der Waals surface area contributed by atoms with Crippen LogP contribution in [0.1, 0.15) is 60.4 Å². The number of benzene rings is 2. The average molecular weight is 369 g/mol. The molecule has 0 aliphatic heterocycles. The third-order valence-electron chi connectivity index (χ3n) is 6.16. The average Bonchev–Trinajstić information content (AvgIpc) is 3.63. The summed E-state index contributed by atoms with van der Waals surface area (Å²) in [5, 5.41) is 4.17. The summed E-state index contributed by atoms with van der Waals surface area (Å²) in [6.07, 6.45) is 5.06. The molecule has 28 heavy (non-hydrogen) atoms. The normalized spacial score (nSPS) is 16.8. The summed E-state index contributed by atoms with van der Waals surface area (Å²) in [6, 6.07) is 13.3. The highest BCUT2D eigenvalue weighted by molar-refractivity contribution is 5.97. The van der Waals surface area contributed by atoms with E-state index in [1.54, 1.807) is 0 Å². The van der Waals surface area contributed by atoms with E-state index in [4.69, 9.17) is 9.51 Å². The first-order valence-corrected chi connectivity index (χ1v) is 10.2. The minimum atomic E-state index is 0.599. The van der Waals surface area contributed by atoms with Crippen molar-refractivity contribution in [2.45, 2.75) is 51.4 Å². The lowest BCUT2D eigenvalue weighted by molar-refractivity contribution is 0.393. The van der Waals surface area contributed by atoms with Crippen molar-refractivity contribution < 1.29 is 4.52 Å². The molecule has 0 spiro atoms. The summed E-state index contributed by atoms with van der Waals surface area (Å²) in [5.74, 6) is 3.29. The summed E-state index contributed by atoms with van der Waals surface area (Å²) in [7, 11) is 0. The molecule has 2 aliphatic carbocycles. The third kappa shape index (κ3) is 2.51. The molecule has 0 atom stereocenters. The SMILES string of the molecule is Cc1noc(C)c1-c1cc(-c2ccccc2C2CC2)c2nc(C3CC3)[nH]c2c1. The van der Waals surface area contributed by atoms with Crippen LogP contribution in [0, 0.1) is 13.8 Å². The number of aromatic nitrogens is 3. The van der Waals surface area contributed by atoms with Crippen LogP contribution in [-0.2, 0) is 0 Å². The van der Waals surface area contributed by atoms with Crippen LogP contribution in [0.15, 0.2) is 40.9 Å². The van der Waals surface area contributed by atoms with E-state index in [1.165, 1.54) is 42.4 Å². The van der Waals surface area contributed by atoms with Crippen LogP contribution in [0.4, 0.5) is 0 Å². The van der Waals surface area contributed by atoms with E-state index in [-0.39, 0.29) is 0 Å². The standard InChI is InChI=1S/C24H23N3O/c1-13-22(14(2)28-27-13)17-11-20(19-6-4-3-5-18(19)15-7-8-15)23-21(12-17)25-24(26-23)16-9-10-16/h3-6,11-12,15-16H,7-10H2,1-2H3,(H,25,26). The van der Waals surface area contributed by atoms with Gasteiger partial charge in [0.2, 0.25) is 0 Å². The van der Waals surface area contributed by atoms with E-state index in [2.05, 4.69) is 46.5 Å². The molecule has 0 saturated heterocycles. The molecule has 1 N–H and O–H groups in total. The molecule has 2 aromatic carbocycles. The van der Waals surface area contributed by atoms with Crippen LogP contribution < -0.4 is 0 Å². The van der Waals surface area contributed by atoms with Crippen molar-refractivity contribution in [2.75, 3.05) is 0 Å². The Morgan fingerprint density at radius 1 is 0.964 bits per heavy atom. The molecular weight excluding hydrogens is 346 g/mol. The predicted octanol–water partition coefficient (Wildman–Crippen LogP) is 6.26. The Kier molecular flexibility index (Phi) is 3.34. The molecule has 2 heterocycles. The Bertz CT molecular complexity index is 1190. The molecule has 4 aromatic rings. The second-order valence-electron chi connectivity index (χ2n) is 8.38. The van der Waals surface area contributed by atoms with Gasteiger partial charge in [0.25, 0.3) is 0 Å². The van der Waals surface area contributed by atoms with Crippen LogP contribution in [-0.4, -0.2) is 15.1 Å². The van der Waals surface area contributed by atoms with Gasteiger partial charge in [0.05, 0.1) is 16.7 Å². The number of imidazole rings is 1. The fourth-order valence-corrected chi connectivity index (χ4v) is 4.42. The molecule has 2 saturated carbocycles. The molecule has 2 aromatic heterocycles. The topological polar surface area (TPSA) is 54.7 Å². The second kappa shape index (κ2) is 5.81. The first-order chi connectivity index (χ1) is 13.7. The Labute approximate surface area is 164 Å². The third-order valence-corrected chi connectivity index (χ3v) is 6.16. The Balaban J connectivity index is 1.64. The second-order valence-corrected chi connectivity index (χ2v) is 8.38. The molecule has 140 valence electrons. The molecule has 6 rings (SSSR count). The number of nitrogens with one attached hydrogen (secondary N) is 1. The van der Waals surface area contributed by atoms with Gasteiger partial charge >= 0.3 is 0 Å². The van der Waals surface area contributed by atoms with Crippen LogP contribution in [0.5, 0.6) is 0 Å². The zero-order chi connectivity index (χ0) is 18.8. The smallest absolute Gasteiger partial charge is 0.141 e. The molecule has 2 aliphatic rings. The van der Waals surface area contributed by atoms with Gasteiger partial charge in [-0.15, -0.1) is 0 Å². The van der Waals surface area contributed by atoms with Gasteiger partial charge in [0.15, 0.2) is 0 Å². The number of aryl methyl sites for hydroxylation is 2. The van der Waals surface area contributed by atoms with Crippen LogP contribution >= 0.6 is 0 Å². The van der Waals surface area contributed by atoms with Gasteiger partial charge in [0, 0.05) is 17.0 Å². The first-order valence-electron chi connectivity index (χ1n) is 10.2. The number of rotatable bonds is 4. The van der Waals surface area contributed by atoms with E-state index >= 15 is 0 Å². The quantitative estimate of drug-likeness (QED) is 0.462. The molecule has 4 heteroatoms. The van der Waals surface area contributed by atoms with E-state index < -0.39 is 0 Å². The Hall–Kier alpha value is -2.88. The lowest BCUT2D eigenvalue weighted by atomic mass is 9.92. The predicted molar refractivity (Wildman–Crippen MR) is 110 cm³/mol. The number of H-pyrrole nitrogens is 1. The molecule has 4 nitrogen and oxygen atoms in total. The highest BCUT2D eigenvalue weighted by Crippen LogP contribution is 2.47. The van der Waals surface area contributed by atoms with Gasteiger partial charge in [-0.2, -0.15) is 0 Å². The summed E-state index contributed by atoms with van der Waals surface area (Å²) in [5.41, 5.74) is 9.36. The van der Waals surface area contributed by atoms with E-state index in [1.807, 2.05) is 13.8 Å². The van der Waals surface area contributed by atoms with Crippen molar-refractivity contribution in [3.8, 4) is 22.3 Å². The zero-order valence-electron chi connectivity index (χ0n) is 16.2. The first kappa shape index (κ1) is 16.1. The monoisotopic (exact) mass is 369 g/mol. The van der Waals surface area contributed by atoms with Crippen LogP contribution in [0.3, 0.4) is 0 Å². The summed E-state index contributed by atoms with van der Waals surface area (Å²) >= 11 is 0. The van der Waals surface area contributed by atoms with E-state index in [0.717, 1.165) is 39.4 Å². The van der Waals surface area contributed by atoms with Crippen LogP contribution in [0.2, 0.25) is 0 Å². The molecule has 0 bridgehead atoms. The van der Waals surface area contributed by atoms with Crippen molar-refractivity contribution in [1.29, 1.82) is 0 Å². The number of hydrogen-bond acceptors (Lipinski definition) is 3. The highest BCUT2D eigenvalue weighted by atomic mass is 16.5. The van der Waals surface area contributed by atoms with Gasteiger partial charge in [-0.05, 0) is 74.3 Å². The molecular formula is C24H23N3O. The lowest BCUT2D eigenvalue weighted by Crippen LogP contribution is -1.91. The van der Waals surface area contributed by atoms with Gasteiger partial charge in [0.1, 0.15) is 11.6 Å². The Morgan fingerprint density at radius 2 is 1.75 bits per heavy atom. The highest BCUT2D eigenvalue weighted by Gasteiger charge is 2.30. The maximum absolute atomic E-state index is 5.46. The number of fused-ring (bicyclic) bond motifs is 1. The van der Waals surface area contributed by atoms with Crippen molar-refractivity contribution in [2.24, 2.45) is 0 Å². The van der Waals surface area contributed by atoms with Crippen molar-refractivity contribution in [3.63, 3.8) is 0 Å². The van der Waals surface area contributed by atoms with Crippen molar-refractivity contribution in [3.05, 3.63) is 59.2 Å². The number of aromatic amines is 1. The molecule has 0 unspecified atom stereocenters. The van der Waals surface area contributed by atoms with Gasteiger partial charge in [-0.3, -0.25) is 0 Å². The molecule has 0 radical (unpaired) electrons. The number of nitrogens with zero attached hydrogens (tertiary/aromatic N) is 2. The zero-order valence-corrected chi connectivity index (χ0v) is 16.2. The lowest BCUT2D eigenvalue weighted by Gasteiger charge is -2.12. The molecule has 0 amide bonds. The number of hydrogen-bond donors (Lipinski definition) is 1. The minimum Gasteiger partial charge on any atom is -0.361 e. The van der Waals surface area contributed by atoms with Crippen molar-refractivity contribution >= 4 is 11.0 Å². The van der Waals surface area contributed by atoms with Crippen LogP contribution in [0.25, 0.3) is 33.3 Å². The van der Waals surface area contributed by atoms with Gasteiger partial charge < -0.3 is 9.51 Å². The molecule has 2 fully saturated rings. The summed E-state index contributed by atoms with van der Waals surface area (Å²) in [4.78, 5) is 8.66. The van der Waals surface area contributed by atoms with Gasteiger partial charge in [-0.1, -0.05) is 29.4 Å². The maximum Gasteiger partial charge on any atom is 0.141 e. The largest absolute Gasteiger partial charge is 0.361 e. The fraction of sp³-hybridized carbons (Fsp3) is 0.333. The van der Waals surface area contributed by atoms with Crippen molar-refractivity contribution in [1.82, 2.24) is 15.1 Å². The van der Waals surface area contributed by atoms with E-state index in [0.29, 0.717) is 11.8 Å². The Morgan fingerprint density at radius 3 is 2.46 bits per heavy atom. The fourth-order valence-electron chi connectivity index (χ4n) is 4.42. The minimum absolute atomic E-state index is 0.599.